The lowest BCUT2D eigenvalue weighted by atomic mass is 10.2. The molecule has 0 radical (unpaired) electrons. The molecule has 2 nitrogen and oxygen atoms in total. The average molecular weight is 255 g/mol. The Morgan fingerprint density at radius 2 is 1.89 bits per heavy atom. The molecule has 0 atom stereocenters. The largest absolute Gasteiger partial charge is 0.410 e. The number of alkyl halides is 3. The van der Waals surface area contributed by atoms with Crippen molar-refractivity contribution in [2.45, 2.75) is 19.1 Å². The second-order valence-corrected chi connectivity index (χ2v) is 4.17. The molecule has 1 aliphatic rings. The molecule has 1 amide bonds. The maximum atomic E-state index is 12.2. The van der Waals surface area contributed by atoms with Crippen LogP contribution in [0.15, 0.2) is 42.0 Å². The van der Waals surface area contributed by atoms with Crippen LogP contribution in [-0.2, 0) is 11.3 Å². The Morgan fingerprint density at radius 1 is 1.22 bits per heavy atom. The molecule has 1 aromatic carbocycles. The highest BCUT2D eigenvalue weighted by Crippen LogP contribution is 2.25. The van der Waals surface area contributed by atoms with Crippen molar-refractivity contribution < 1.29 is 18.0 Å². The number of carbonyl (C=O) groups is 1. The standard InChI is InChI=1S/C13H12F3NO/c14-13(15,16)8-11-6-7-17(12(11)18)9-10-4-2-1-3-5-10/h1-5,8H,6-7,9H2. The highest BCUT2D eigenvalue weighted by Gasteiger charge is 2.32. The zero-order chi connectivity index (χ0) is 13.2. The number of allylic oxidation sites excluding steroid dienone is 1. The van der Waals surface area contributed by atoms with Crippen molar-refractivity contribution in [2.24, 2.45) is 0 Å². The lowest BCUT2D eigenvalue weighted by Crippen LogP contribution is -2.24. The lowest BCUT2D eigenvalue weighted by molar-refractivity contribution is -0.126. The van der Waals surface area contributed by atoms with Crippen LogP contribution >= 0.6 is 0 Å². The van der Waals surface area contributed by atoms with E-state index in [9.17, 15) is 18.0 Å². The first-order valence-electron chi connectivity index (χ1n) is 5.57. The van der Waals surface area contributed by atoms with E-state index in [1.54, 1.807) is 0 Å². The third-order valence-electron chi connectivity index (χ3n) is 2.77. The molecular formula is C13H12F3NO. The number of nitrogens with zero attached hydrogens (tertiary/aromatic N) is 1. The summed E-state index contributed by atoms with van der Waals surface area (Å²) in [7, 11) is 0. The maximum Gasteiger partial charge on any atom is 0.410 e. The highest BCUT2D eigenvalue weighted by atomic mass is 19.4. The molecule has 0 aromatic heterocycles. The van der Waals surface area contributed by atoms with Crippen LogP contribution in [0.4, 0.5) is 13.2 Å². The van der Waals surface area contributed by atoms with E-state index in [1.807, 2.05) is 30.3 Å². The van der Waals surface area contributed by atoms with E-state index in [-0.39, 0.29) is 18.1 Å². The molecule has 0 spiro atoms. The number of likely N-dealkylation sites (tertiary alicyclic amines) is 1. The second kappa shape index (κ2) is 4.84. The first kappa shape index (κ1) is 12.7. The van der Waals surface area contributed by atoms with Crippen molar-refractivity contribution in [1.82, 2.24) is 4.90 Å². The lowest BCUT2D eigenvalue weighted by Gasteiger charge is -2.15. The van der Waals surface area contributed by atoms with E-state index in [4.69, 9.17) is 0 Å². The Morgan fingerprint density at radius 3 is 2.50 bits per heavy atom. The van der Waals surface area contributed by atoms with Crippen LogP contribution in [0.3, 0.4) is 0 Å². The Hall–Kier alpha value is -1.78. The summed E-state index contributed by atoms with van der Waals surface area (Å²) in [6.45, 7) is 0.699. The predicted octanol–water partition coefficient (Wildman–Crippen LogP) is 2.91. The van der Waals surface area contributed by atoms with Crippen LogP contribution in [0.5, 0.6) is 0 Å². The van der Waals surface area contributed by atoms with E-state index in [2.05, 4.69) is 0 Å². The zero-order valence-electron chi connectivity index (χ0n) is 9.57. The first-order valence-corrected chi connectivity index (χ1v) is 5.57. The smallest absolute Gasteiger partial charge is 0.334 e. The van der Waals surface area contributed by atoms with Crippen molar-refractivity contribution in [3.8, 4) is 0 Å². The number of halogens is 3. The van der Waals surface area contributed by atoms with Gasteiger partial charge in [-0.05, 0) is 12.0 Å². The minimum atomic E-state index is -4.42. The molecule has 0 aliphatic carbocycles. The molecule has 5 heteroatoms. The van der Waals surface area contributed by atoms with Gasteiger partial charge in [-0.25, -0.2) is 0 Å². The number of hydrogen-bond acceptors (Lipinski definition) is 1. The van der Waals surface area contributed by atoms with Gasteiger partial charge < -0.3 is 4.90 Å². The van der Waals surface area contributed by atoms with Crippen LogP contribution < -0.4 is 0 Å². The molecular weight excluding hydrogens is 243 g/mol. The Kier molecular flexibility index (Phi) is 3.41. The number of rotatable bonds is 2. The normalized spacial score (nSPS) is 18.7. The van der Waals surface area contributed by atoms with Crippen LogP contribution in [0.2, 0.25) is 0 Å². The fourth-order valence-electron chi connectivity index (χ4n) is 1.95. The molecule has 96 valence electrons. The fraction of sp³-hybridized carbons (Fsp3) is 0.308. The van der Waals surface area contributed by atoms with Gasteiger partial charge in [0.05, 0.1) is 0 Å². The quantitative estimate of drug-likeness (QED) is 0.744. The molecule has 0 N–H and O–H groups in total. The minimum Gasteiger partial charge on any atom is -0.334 e. The fourth-order valence-corrected chi connectivity index (χ4v) is 1.95. The molecule has 0 bridgehead atoms. The Bertz CT molecular complexity index is 465. The zero-order valence-corrected chi connectivity index (χ0v) is 9.57. The second-order valence-electron chi connectivity index (χ2n) is 4.17. The van der Waals surface area contributed by atoms with Gasteiger partial charge in [-0.3, -0.25) is 4.79 Å². The number of amides is 1. The monoisotopic (exact) mass is 255 g/mol. The third kappa shape index (κ3) is 3.12. The maximum absolute atomic E-state index is 12.2. The van der Waals surface area contributed by atoms with E-state index in [0.29, 0.717) is 13.1 Å². The highest BCUT2D eigenvalue weighted by molar-refractivity contribution is 5.95. The summed E-state index contributed by atoms with van der Waals surface area (Å²) in [5.41, 5.74) is 0.762. The first-order chi connectivity index (χ1) is 8.46. The van der Waals surface area contributed by atoms with E-state index in [0.717, 1.165) is 5.56 Å². The van der Waals surface area contributed by atoms with E-state index in [1.165, 1.54) is 4.90 Å². The Labute approximate surface area is 103 Å². The summed E-state index contributed by atoms with van der Waals surface area (Å²) in [6, 6.07) is 9.21. The summed E-state index contributed by atoms with van der Waals surface area (Å²) < 4.78 is 36.6. The van der Waals surface area contributed by atoms with Gasteiger partial charge in [-0.1, -0.05) is 30.3 Å². The minimum absolute atomic E-state index is 0.111. The molecule has 18 heavy (non-hydrogen) atoms. The van der Waals surface area contributed by atoms with Crippen molar-refractivity contribution in [1.29, 1.82) is 0 Å². The summed E-state index contributed by atoms with van der Waals surface area (Å²) >= 11 is 0. The molecule has 0 saturated carbocycles. The van der Waals surface area contributed by atoms with Gasteiger partial charge in [0, 0.05) is 24.7 Å². The molecule has 1 saturated heterocycles. The molecule has 1 aromatic rings. The summed E-state index contributed by atoms with van der Waals surface area (Å²) in [6.07, 6.45) is -4.15. The van der Waals surface area contributed by atoms with Gasteiger partial charge in [0.15, 0.2) is 0 Å². The number of hydrogen-bond donors (Lipinski definition) is 0. The summed E-state index contributed by atoms with van der Waals surface area (Å²) in [5, 5.41) is 0. The summed E-state index contributed by atoms with van der Waals surface area (Å²) in [4.78, 5) is 13.2. The Balaban J connectivity index is 2.07. The molecule has 1 heterocycles. The van der Waals surface area contributed by atoms with Gasteiger partial charge in [0.2, 0.25) is 5.91 Å². The van der Waals surface area contributed by atoms with Crippen LogP contribution in [0.25, 0.3) is 0 Å². The van der Waals surface area contributed by atoms with E-state index >= 15 is 0 Å². The van der Waals surface area contributed by atoms with Crippen LogP contribution in [0, 0.1) is 0 Å². The molecule has 1 fully saturated rings. The number of benzene rings is 1. The topological polar surface area (TPSA) is 20.3 Å². The van der Waals surface area contributed by atoms with Crippen molar-refractivity contribution in [2.75, 3.05) is 6.54 Å². The summed E-state index contributed by atoms with van der Waals surface area (Å²) in [5.74, 6) is -0.517. The van der Waals surface area contributed by atoms with Gasteiger partial charge in [0.25, 0.3) is 0 Å². The molecule has 0 unspecified atom stereocenters. The van der Waals surface area contributed by atoms with Gasteiger partial charge in [-0.2, -0.15) is 13.2 Å². The van der Waals surface area contributed by atoms with Crippen molar-refractivity contribution >= 4 is 5.91 Å². The van der Waals surface area contributed by atoms with Gasteiger partial charge >= 0.3 is 6.18 Å². The van der Waals surface area contributed by atoms with Crippen molar-refractivity contribution in [3.05, 3.63) is 47.5 Å². The third-order valence-corrected chi connectivity index (χ3v) is 2.77. The number of carbonyl (C=O) groups excluding carboxylic acids is 1. The van der Waals surface area contributed by atoms with Gasteiger partial charge in [-0.15, -0.1) is 0 Å². The van der Waals surface area contributed by atoms with Crippen LogP contribution in [0.1, 0.15) is 12.0 Å². The predicted molar refractivity (Wildman–Crippen MR) is 60.6 cm³/mol. The molecule has 2 rings (SSSR count). The van der Waals surface area contributed by atoms with Crippen LogP contribution in [-0.4, -0.2) is 23.5 Å². The molecule has 1 aliphatic heterocycles. The van der Waals surface area contributed by atoms with Crippen molar-refractivity contribution in [3.63, 3.8) is 0 Å². The van der Waals surface area contributed by atoms with Gasteiger partial charge in [0.1, 0.15) is 0 Å². The average Bonchev–Trinajstić information content (AvgIpc) is 2.61. The van der Waals surface area contributed by atoms with E-state index < -0.39 is 12.1 Å². The SMILES string of the molecule is O=C1C(=CC(F)(F)F)CCN1Cc1ccccc1.